The molecule has 0 aliphatic heterocycles. The van der Waals surface area contributed by atoms with Gasteiger partial charge in [0, 0.05) is 35.8 Å². The number of rotatable bonds is 7. The summed E-state index contributed by atoms with van der Waals surface area (Å²) < 4.78 is 64.5. The van der Waals surface area contributed by atoms with Gasteiger partial charge in [0.2, 0.25) is 0 Å². The Bertz CT molecular complexity index is 1250. The van der Waals surface area contributed by atoms with E-state index in [9.17, 15) is 26.4 Å². The van der Waals surface area contributed by atoms with Crippen molar-refractivity contribution in [2.75, 3.05) is 18.6 Å². The molecule has 0 fully saturated rings. The summed E-state index contributed by atoms with van der Waals surface area (Å²) in [4.78, 5) is 26.7. The molecular weight excluding hydrogens is 485 g/mol. The van der Waals surface area contributed by atoms with Crippen LogP contribution in [0.15, 0.2) is 43.0 Å². The number of hydrogen-bond donors (Lipinski definition) is 0. The molecule has 176 valence electrons. The third-order valence-corrected chi connectivity index (χ3v) is 5.74. The van der Waals surface area contributed by atoms with Gasteiger partial charge in [-0.3, -0.25) is 4.79 Å². The van der Waals surface area contributed by atoms with Crippen molar-refractivity contribution in [2.45, 2.75) is 19.1 Å². The monoisotopic (exact) mass is 502 g/mol. The second-order valence-corrected chi connectivity index (χ2v) is 9.81. The quantitative estimate of drug-likeness (QED) is 0.488. The van der Waals surface area contributed by atoms with Crippen LogP contribution < -0.4 is 0 Å². The van der Waals surface area contributed by atoms with Gasteiger partial charge in [-0.2, -0.15) is 23.0 Å². The topological polar surface area (TPSA) is 111 Å². The first-order chi connectivity index (χ1) is 15.4. The van der Waals surface area contributed by atoms with E-state index in [1.165, 1.54) is 23.4 Å². The predicted octanol–water partition coefficient (Wildman–Crippen LogP) is 2.98. The third-order valence-electron chi connectivity index (χ3n) is 4.59. The largest absolute Gasteiger partial charge is 0.416 e. The SMILES string of the molecule is CC(c1ncnn1-c1ncccn1)N(CCS(C)(=O)=O)C(=O)c1cc(Cl)cc(C(F)(F)F)c1. The molecule has 1 aromatic carbocycles. The van der Waals surface area contributed by atoms with Crippen molar-refractivity contribution in [1.29, 1.82) is 0 Å². The fourth-order valence-electron chi connectivity index (χ4n) is 3.01. The minimum absolute atomic E-state index is 0.148. The van der Waals surface area contributed by atoms with E-state index in [1.54, 1.807) is 13.0 Å². The van der Waals surface area contributed by atoms with E-state index in [0.29, 0.717) is 12.1 Å². The molecule has 1 amide bonds. The Morgan fingerprint density at radius 1 is 1.18 bits per heavy atom. The van der Waals surface area contributed by atoms with Crippen LogP contribution in [-0.4, -0.2) is 62.5 Å². The molecule has 0 bridgehead atoms. The molecule has 3 aromatic rings. The van der Waals surface area contributed by atoms with Gasteiger partial charge in [0.25, 0.3) is 11.9 Å². The normalized spacial score (nSPS) is 13.0. The Hall–Kier alpha value is -3.06. The maximum atomic E-state index is 13.3. The van der Waals surface area contributed by atoms with Gasteiger partial charge in [-0.25, -0.2) is 23.4 Å². The zero-order valence-electron chi connectivity index (χ0n) is 17.4. The molecule has 0 saturated heterocycles. The minimum atomic E-state index is -4.73. The number of halogens is 4. The van der Waals surface area contributed by atoms with Crippen LogP contribution in [0.2, 0.25) is 5.02 Å². The lowest BCUT2D eigenvalue weighted by molar-refractivity contribution is -0.137. The van der Waals surface area contributed by atoms with Gasteiger partial charge in [-0.15, -0.1) is 0 Å². The summed E-state index contributed by atoms with van der Waals surface area (Å²) in [5.41, 5.74) is -1.45. The number of benzene rings is 1. The third kappa shape index (κ3) is 6.05. The van der Waals surface area contributed by atoms with Crippen molar-refractivity contribution < 1.29 is 26.4 Å². The van der Waals surface area contributed by atoms with Crippen molar-refractivity contribution in [3.63, 3.8) is 0 Å². The number of hydrogen-bond acceptors (Lipinski definition) is 7. The summed E-state index contributed by atoms with van der Waals surface area (Å²) in [6.07, 6.45) is 0.392. The zero-order valence-corrected chi connectivity index (χ0v) is 18.9. The fourth-order valence-corrected chi connectivity index (χ4v) is 3.77. The van der Waals surface area contributed by atoms with Gasteiger partial charge >= 0.3 is 6.18 Å². The summed E-state index contributed by atoms with van der Waals surface area (Å²) >= 11 is 5.83. The Labute approximate surface area is 192 Å². The Balaban J connectivity index is 2.04. The maximum absolute atomic E-state index is 13.3. The first-order valence-electron chi connectivity index (χ1n) is 9.40. The highest BCUT2D eigenvalue weighted by atomic mass is 35.5. The second kappa shape index (κ2) is 9.43. The molecule has 0 spiro atoms. The van der Waals surface area contributed by atoms with E-state index < -0.39 is 39.3 Å². The molecule has 2 heterocycles. The molecule has 1 atom stereocenters. The first kappa shape index (κ1) is 24.6. The molecule has 0 radical (unpaired) electrons. The van der Waals surface area contributed by atoms with E-state index in [4.69, 9.17) is 11.6 Å². The van der Waals surface area contributed by atoms with Gasteiger partial charge < -0.3 is 4.90 Å². The lowest BCUT2D eigenvalue weighted by atomic mass is 10.1. The van der Waals surface area contributed by atoms with E-state index in [2.05, 4.69) is 20.1 Å². The van der Waals surface area contributed by atoms with Crippen LogP contribution in [0.4, 0.5) is 13.2 Å². The number of amides is 1. The lowest BCUT2D eigenvalue weighted by Crippen LogP contribution is -2.38. The smallest absolute Gasteiger partial charge is 0.328 e. The average Bonchev–Trinajstić information content (AvgIpc) is 3.22. The molecule has 0 saturated carbocycles. The van der Waals surface area contributed by atoms with Gasteiger partial charge in [0.1, 0.15) is 16.2 Å². The predicted molar refractivity (Wildman–Crippen MR) is 113 cm³/mol. The lowest BCUT2D eigenvalue weighted by Gasteiger charge is -2.29. The molecule has 9 nitrogen and oxygen atoms in total. The van der Waals surface area contributed by atoms with Gasteiger partial charge in [0.05, 0.1) is 17.4 Å². The number of alkyl halides is 3. The van der Waals surface area contributed by atoms with Crippen molar-refractivity contribution in [3.05, 3.63) is 65.0 Å². The number of carbonyl (C=O) groups is 1. The van der Waals surface area contributed by atoms with E-state index in [1.807, 2.05) is 0 Å². The summed E-state index contributed by atoms with van der Waals surface area (Å²) in [5, 5.41) is 3.76. The van der Waals surface area contributed by atoms with Crippen molar-refractivity contribution in [3.8, 4) is 5.95 Å². The highest BCUT2D eigenvalue weighted by Crippen LogP contribution is 2.33. The van der Waals surface area contributed by atoms with Crippen LogP contribution in [0.3, 0.4) is 0 Å². The fraction of sp³-hybridized carbons (Fsp3) is 0.316. The molecule has 2 aromatic heterocycles. The Kier molecular flexibility index (Phi) is 7.03. The summed E-state index contributed by atoms with van der Waals surface area (Å²) in [7, 11) is -3.51. The van der Waals surface area contributed by atoms with Crippen LogP contribution in [0.1, 0.15) is 34.7 Å². The van der Waals surface area contributed by atoms with E-state index in [-0.39, 0.29) is 28.9 Å². The van der Waals surface area contributed by atoms with Crippen molar-refractivity contribution >= 4 is 27.3 Å². The van der Waals surface area contributed by atoms with Crippen molar-refractivity contribution in [1.82, 2.24) is 29.6 Å². The molecule has 0 N–H and O–H groups in total. The molecule has 0 aliphatic carbocycles. The van der Waals surface area contributed by atoms with Crippen LogP contribution in [0.5, 0.6) is 0 Å². The number of nitrogens with zero attached hydrogens (tertiary/aromatic N) is 6. The molecule has 1 unspecified atom stereocenters. The summed E-state index contributed by atoms with van der Waals surface area (Å²) in [6, 6.07) is 3.14. The van der Waals surface area contributed by atoms with Crippen LogP contribution in [0.25, 0.3) is 5.95 Å². The molecule has 0 aliphatic rings. The highest BCUT2D eigenvalue weighted by Gasteiger charge is 2.33. The number of aromatic nitrogens is 5. The summed E-state index contributed by atoms with van der Waals surface area (Å²) in [6.45, 7) is 1.23. The molecular formula is C19H18ClF3N6O3S. The van der Waals surface area contributed by atoms with Gasteiger partial charge in [0.15, 0.2) is 5.82 Å². The van der Waals surface area contributed by atoms with Crippen LogP contribution in [0, 0.1) is 0 Å². The first-order valence-corrected chi connectivity index (χ1v) is 11.8. The van der Waals surface area contributed by atoms with E-state index >= 15 is 0 Å². The van der Waals surface area contributed by atoms with Crippen LogP contribution >= 0.6 is 11.6 Å². The molecule has 14 heteroatoms. The molecule has 33 heavy (non-hydrogen) atoms. The average molecular weight is 503 g/mol. The number of carbonyl (C=O) groups excluding carboxylic acids is 1. The highest BCUT2D eigenvalue weighted by molar-refractivity contribution is 7.90. The minimum Gasteiger partial charge on any atom is -0.328 e. The summed E-state index contributed by atoms with van der Waals surface area (Å²) in [5.74, 6) is -0.954. The molecule has 3 rings (SSSR count). The van der Waals surface area contributed by atoms with Crippen molar-refractivity contribution in [2.24, 2.45) is 0 Å². The van der Waals surface area contributed by atoms with Gasteiger partial charge in [-0.05, 0) is 31.2 Å². The number of sulfone groups is 1. The standard InChI is InChI=1S/C19H18ClF3N6O3S/c1-12(16-26-11-27-29(16)18-24-4-3-5-25-18)28(6-7-33(2,31)32)17(30)13-8-14(19(21,22)23)10-15(20)9-13/h3-5,8-12H,6-7H2,1-2H3. The Morgan fingerprint density at radius 3 is 2.45 bits per heavy atom. The second-order valence-electron chi connectivity index (χ2n) is 7.11. The Morgan fingerprint density at radius 2 is 1.85 bits per heavy atom. The van der Waals surface area contributed by atoms with Crippen LogP contribution in [-0.2, 0) is 16.0 Å². The zero-order chi connectivity index (χ0) is 24.4. The van der Waals surface area contributed by atoms with Gasteiger partial charge in [-0.1, -0.05) is 11.6 Å². The van der Waals surface area contributed by atoms with E-state index in [0.717, 1.165) is 17.2 Å². The maximum Gasteiger partial charge on any atom is 0.416 e.